The number of rotatable bonds is 2. The maximum Gasteiger partial charge on any atom is 0.257 e. The smallest absolute Gasteiger partial charge is 0.257 e. The first kappa shape index (κ1) is 15.8. The zero-order chi connectivity index (χ0) is 15.9. The number of halogens is 2. The molecule has 1 aromatic heterocycles. The predicted molar refractivity (Wildman–Crippen MR) is 96.2 cm³/mol. The highest BCUT2D eigenvalue weighted by Crippen LogP contribution is 2.29. The molecule has 0 radical (unpaired) electrons. The van der Waals surface area contributed by atoms with E-state index >= 15 is 0 Å². The Bertz CT molecular complexity index is 751. The Kier molecular flexibility index (Phi) is 4.48. The minimum atomic E-state index is -0.0922. The summed E-state index contributed by atoms with van der Waals surface area (Å²) in [5.41, 5.74) is -0.0922. The van der Waals surface area contributed by atoms with Gasteiger partial charge in [0, 0.05) is 39.4 Å². The summed E-state index contributed by atoms with van der Waals surface area (Å²) in [6.07, 6.45) is 2.21. The van der Waals surface area contributed by atoms with Crippen LogP contribution in [0.1, 0.15) is 12.8 Å². The number of piperidine rings is 1. The van der Waals surface area contributed by atoms with Crippen molar-refractivity contribution in [3.63, 3.8) is 0 Å². The summed E-state index contributed by atoms with van der Waals surface area (Å²) in [4.78, 5) is 19.9. The van der Waals surface area contributed by atoms with Crippen molar-refractivity contribution in [3.05, 3.63) is 38.0 Å². The number of fused-ring (bicyclic) bond motifs is 1. The molecule has 3 rings (SSSR count). The fourth-order valence-corrected chi connectivity index (χ4v) is 3.99. The van der Waals surface area contributed by atoms with Crippen LogP contribution in [-0.4, -0.2) is 43.1 Å². The lowest BCUT2D eigenvalue weighted by Crippen LogP contribution is -2.42. The van der Waals surface area contributed by atoms with E-state index in [-0.39, 0.29) is 5.56 Å². The summed E-state index contributed by atoms with van der Waals surface area (Å²) >= 11 is 9.54. The molecule has 1 saturated heterocycles. The lowest BCUT2D eigenvalue weighted by atomic mass is 10.0. The molecule has 1 aliphatic heterocycles. The summed E-state index contributed by atoms with van der Waals surface area (Å²) in [6, 6.07) is 6.19. The van der Waals surface area contributed by atoms with Gasteiger partial charge in [-0.05, 0) is 45.1 Å². The second-order valence-electron chi connectivity index (χ2n) is 6.01. The van der Waals surface area contributed by atoms with Crippen LogP contribution in [0.2, 0.25) is 5.02 Å². The molecular weight excluding hydrogens is 366 g/mol. The number of H-pyrrole nitrogens is 1. The van der Waals surface area contributed by atoms with Gasteiger partial charge in [-0.2, -0.15) is 0 Å². The molecule has 0 unspecified atom stereocenters. The van der Waals surface area contributed by atoms with E-state index in [0.29, 0.717) is 16.5 Å². The Balaban J connectivity index is 1.94. The first-order valence-electron chi connectivity index (χ1n) is 7.39. The monoisotopic (exact) mass is 383 g/mol. The van der Waals surface area contributed by atoms with Crippen molar-refractivity contribution in [2.45, 2.75) is 18.9 Å². The second kappa shape index (κ2) is 6.22. The number of aromatic nitrogens is 1. The molecule has 0 aliphatic carbocycles. The predicted octanol–water partition coefficient (Wildman–Crippen LogP) is 3.47. The van der Waals surface area contributed by atoms with Crippen molar-refractivity contribution < 1.29 is 0 Å². The summed E-state index contributed by atoms with van der Waals surface area (Å²) in [6.45, 7) is 1.91. The van der Waals surface area contributed by atoms with Crippen LogP contribution in [0.5, 0.6) is 0 Å². The third kappa shape index (κ3) is 3.03. The van der Waals surface area contributed by atoms with Crippen LogP contribution >= 0.6 is 27.5 Å². The number of pyridine rings is 1. The minimum Gasteiger partial charge on any atom is -0.358 e. The Morgan fingerprint density at radius 2 is 1.91 bits per heavy atom. The van der Waals surface area contributed by atoms with E-state index in [1.54, 1.807) is 6.07 Å². The zero-order valence-corrected chi connectivity index (χ0v) is 15.0. The maximum absolute atomic E-state index is 12.3. The van der Waals surface area contributed by atoms with Crippen LogP contribution in [0.4, 0.5) is 5.82 Å². The Labute approximate surface area is 143 Å². The van der Waals surface area contributed by atoms with Crippen molar-refractivity contribution in [2.75, 3.05) is 32.1 Å². The molecule has 1 fully saturated rings. The molecule has 118 valence electrons. The highest BCUT2D eigenvalue weighted by atomic mass is 79.9. The van der Waals surface area contributed by atoms with E-state index in [0.717, 1.165) is 41.6 Å². The van der Waals surface area contributed by atoms with Gasteiger partial charge in [0.2, 0.25) is 0 Å². The minimum absolute atomic E-state index is 0.0922. The van der Waals surface area contributed by atoms with E-state index in [9.17, 15) is 4.79 Å². The average Bonchev–Trinajstić information content (AvgIpc) is 2.48. The van der Waals surface area contributed by atoms with Gasteiger partial charge in [0.1, 0.15) is 5.82 Å². The van der Waals surface area contributed by atoms with Crippen molar-refractivity contribution in [2.24, 2.45) is 0 Å². The van der Waals surface area contributed by atoms with Gasteiger partial charge in [0.25, 0.3) is 5.56 Å². The maximum atomic E-state index is 12.3. The third-order valence-corrected chi connectivity index (χ3v) is 5.27. The van der Waals surface area contributed by atoms with Gasteiger partial charge in [0.05, 0.1) is 0 Å². The number of anilines is 1. The first-order valence-corrected chi connectivity index (χ1v) is 8.56. The zero-order valence-electron chi connectivity index (χ0n) is 12.7. The first-order chi connectivity index (χ1) is 10.5. The summed E-state index contributed by atoms with van der Waals surface area (Å²) in [5, 5.41) is 2.08. The van der Waals surface area contributed by atoms with Crippen LogP contribution in [0, 0.1) is 0 Å². The summed E-state index contributed by atoms with van der Waals surface area (Å²) < 4.78 is 0.852. The molecule has 4 nitrogen and oxygen atoms in total. The number of nitrogens with one attached hydrogen (secondary N) is 1. The van der Waals surface area contributed by atoms with Crippen LogP contribution in [0.3, 0.4) is 0 Å². The fourth-order valence-electron chi connectivity index (χ4n) is 3.07. The second-order valence-corrected chi connectivity index (χ2v) is 7.31. The summed E-state index contributed by atoms with van der Waals surface area (Å²) in [5.74, 6) is 0.887. The molecule has 22 heavy (non-hydrogen) atoms. The molecule has 1 N–H and O–H groups in total. The van der Waals surface area contributed by atoms with Gasteiger partial charge in [-0.25, -0.2) is 0 Å². The van der Waals surface area contributed by atoms with E-state index < -0.39 is 0 Å². The number of benzene rings is 1. The van der Waals surface area contributed by atoms with Gasteiger partial charge in [0.15, 0.2) is 0 Å². The van der Waals surface area contributed by atoms with Crippen LogP contribution in [0.25, 0.3) is 10.8 Å². The van der Waals surface area contributed by atoms with Crippen molar-refractivity contribution >= 4 is 44.1 Å². The Morgan fingerprint density at radius 3 is 2.55 bits per heavy atom. The van der Waals surface area contributed by atoms with Crippen molar-refractivity contribution in [3.8, 4) is 0 Å². The molecule has 0 bridgehead atoms. The normalized spacial score (nSPS) is 16.7. The number of aromatic amines is 1. The standard InChI is InChI=1S/C16H19BrClN3O/c1-20(2)11-3-5-21(6-4-11)15-9-12-13(16(22)19-15)7-10(18)8-14(12)17/h7-9,11H,3-6H2,1-2H3,(H,19,22). The average molecular weight is 385 g/mol. The van der Waals surface area contributed by atoms with Gasteiger partial charge in [-0.1, -0.05) is 27.5 Å². The number of hydrogen-bond acceptors (Lipinski definition) is 3. The fraction of sp³-hybridized carbons (Fsp3) is 0.438. The Hall–Kier alpha value is -1.04. The SMILES string of the molecule is CN(C)C1CCN(c2cc3c(Br)cc(Cl)cc3c(=O)[nH]2)CC1. The topological polar surface area (TPSA) is 39.3 Å². The lowest BCUT2D eigenvalue weighted by molar-refractivity contribution is 0.249. The molecule has 0 saturated carbocycles. The van der Waals surface area contributed by atoms with E-state index in [4.69, 9.17) is 11.6 Å². The van der Waals surface area contributed by atoms with Crippen molar-refractivity contribution in [1.29, 1.82) is 0 Å². The molecule has 1 aliphatic rings. The van der Waals surface area contributed by atoms with Crippen LogP contribution in [-0.2, 0) is 0 Å². The molecule has 0 atom stereocenters. The quantitative estimate of drug-likeness (QED) is 0.862. The molecule has 0 amide bonds. The van der Waals surface area contributed by atoms with Gasteiger partial charge in [-0.3, -0.25) is 4.79 Å². The molecule has 0 spiro atoms. The molecule has 1 aromatic carbocycles. The lowest BCUT2D eigenvalue weighted by Gasteiger charge is -2.36. The van der Waals surface area contributed by atoms with E-state index in [1.807, 2.05) is 12.1 Å². The molecule has 2 heterocycles. The van der Waals surface area contributed by atoms with Crippen LogP contribution in [0.15, 0.2) is 27.5 Å². The highest BCUT2D eigenvalue weighted by molar-refractivity contribution is 9.10. The van der Waals surface area contributed by atoms with Gasteiger partial charge >= 0.3 is 0 Å². The number of nitrogens with zero attached hydrogens (tertiary/aromatic N) is 2. The van der Waals surface area contributed by atoms with Gasteiger partial charge in [-0.15, -0.1) is 0 Å². The number of hydrogen-bond donors (Lipinski definition) is 1. The molecule has 6 heteroatoms. The van der Waals surface area contributed by atoms with Crippen molar-refractivity contribution in [1.82, 2.24) is 9.88 Å². The summed E-state index contributed by atoms with van der Waals surface area (Å²) in [7, 11) is 4.25. The highest BCUT2D eigenvalue weighted by Gasteiger charge is 2.21. The molecule has 2 aromatic rings. The van der Waals surface area contributed by atoms with Crippen LogP contribution < -0.4 is 10.5 Å². The molecular formula is C16H19BrClN3O. The van der Waals surface area contributed by atoms with E-state index in [1.165, 1.54) is 0 Å². The largest absolute Gasteiger partial charge is 0.358 e. The Morgan fingerprint density at radius 1 is 1.23 bits per heavy atom. The van der Waals surface area contributed by atoms with E-state index in [2.05, 4.69) is 44.8 Å². The third-order valence-electron chi connectivity index (χ3n) is 4.40. The van der Waals surface area contributed by atoms with Gasteiger partial charge < -0.3 is 14.8 Å².